The van der Waals surface area contributed by atoms with Gasteiger partial charge in [-0.05, 0) is 30.9 Å². The molecule has 104 valence electrons. The van der Waals surface area contributed by atoms with Crippen molar-refractivity contribution >= 4 is 33.6 Å². The monoisotopic (exact) mass is 345 g/mol. The average molecular weight is 346 g/mol. The first-order valence-electron chi connectivity index (χ1n) is 5.99. The van der Waals surface area contributed by atoms with Gasteiger partial charge in [-0.3, -0.25) is 4.79 Å². The van der Waals surface area contributed by atoms with Crippen LogP contribution in [0.1, 0.15) is 18.5 Å². The Hall–Kier alpha value is -0.880. The molecule has 6 heteroatoms. The Labute approximate surface area is 125 Å². The topological polar surface area (TPSA) is 47.6 Å². The van der Waals surface area contributed by atoms with Gasteiger partial charge in [-0.1, -0.05) is 15.9 Å². The van der Waals surface area contributed by atoms with Crippen molar-refractivity contribution in [3.63, 3.8) is 0 Å². The third kappa shape index (κ3) is 3.57. The molecule has 0 saturated heterocycles. The Morgan fingerprint density at radius 1 is 1.42 bits per heavy atom. The van der Waals surface area contributed by atoms with Crippen LogP contribution in [0.25, 0.3) is 0 Å². The fourth-order valence-electron chi connectivity index (χ4n) is 1.90. The van der Waals surface area contributed by atoms with Crippen LogP contribution in [0.3, 0.4) is 0 Å². The highest BCUT2D eigenvalue weighted by Gasteiger charge is 2.18. The normalized spacial score (nSPS) is 14.9. The highest BCUT2D eigenvalue weighted by molar-refractivity contribution is 9.10. The van der Waals surface area contributed by atoms with Crippen LogP contribution in [0, 0.1) is 0 Å². The van der Waals surface area contributed by atoms with Crippen LogP contribution >= 0.6 is 27.7 Å². The van der Waals surface area contributed by atoms with Gasteiger partial charge in [0.1, 0.15) is 13.2 Å². The first-order valence-corrected chi connectivity index (χ1v) is 8.18. The summed E-state index contributed by atoms with van der Waals surface area (Å²) in [5, 5.41) is 2.96. The Morgan fingerprint density at radius 3 is 2.68 bits per heavy atom. The predicted octanol–water partition coefficient (Wildman–Crippen LogP) is 2.76. The fraction of sp³-hybridized carbons (Fsp3) is 0.462. The second-order valence-electron chi connectivity index (χ2n) is 4.24. The molecule has 0 saturated carbocycles. The molecule has 1 heterocycles. The number of halogens is 1. The summed E-state index contributed by atoms with van der Waals surface area (Å²) in [5.74, 6) is 1.97. The number of amides is 1. The van der Waals surface area contributed by atoms with E-state index in [0.29, 0.717) is 19.0 Å². The van der Waals surface area contributed by atoms with Gasteiger partial charge < -0.3 is 14.8 Å². The second kappa shape index (κ2) is 6.52. The zero-order valence-electron chi connectivity index (χ0n) is 10.9. The summed E-state index contributed by atoms with van der Waals surface area (Å²) in [6.45, 7) is 3.08. The van der Waals surface area contributed by atoms with E-state index in [1.165, 1.54) is 11.8 Å². The fourth-order valence-corrected chi connectivity index (χ4v) is 2.91. The third-order valence-corrected chi connectivity index (χ3v) is 4.02. The van der Waals surface area contributed by atoms with E-state index in [-0.39, 0.29) is 11.9 Å². The number of carbonyl (C=O) groups is 1. The van der Waals surface area contributed by atoms with Gasteiger partial charge in [0, 0.05) is 4.47 Å². The van der Waals surface area contributed by atoms with Crippen LogP contribution in [-0.2, 0) is 4.79 Å². The SMILES string of the molecule is CSCC(=O)N[C@H](C)c1cc2c(cc1Br)OCCO2. The van der Waals surface area contributed by atoms with E-state index >= 15 is 0 Å². The number of benzene rings is 1. The second-order valence-corrected chi connectivity index (χ2v) is 5.96. The van der Waals surface area contributed by atoms with Crippen molar-refractivity contribution in [2.45, 2.75) is 13.0 Å². The highest BCUT2D eigenvalue weighted by atomic mass is 79.9. The molecule has 19 heavy (non-hydrogen) atoms. The molecule has 1 atom stereocenters. The first kappa shape index (κ1) is 14.5. The molecular formula is C13H16BrNO3S. The maximum Gasteiger partial charge on any atom is 0.230 e. The van der Waals surface area contributed by atoms with Crippen LogP contribution in [-0.4, -0.2) is 31.1 Å². The van der Waals surface area contributed by atoms with Crippen molar-refractivity contribution in [1.82, 2.24) is 5.32 Å². The lowest BCUT2D eigenvalue weighted by Gasteiger charge is -2.22. The highest BCUT2D eigenvalue weighted by Crippen LogP contribution is 2.37. The quantitative estimate of drug-likeness (QED) is 0.911. The van der Waals surface area contributed by atoms with Gasteiger partial charge in [0.2, 0.25) is 5.91 Å². The standard InChI is InChI=1S/C13H16BrNO3S/c1-8(15-13(16)7-19-2)9-5-11-12(6-10(9)14)18-4-3-17-11/h5-6,8H,3-4,7H2,1-2H3,(H,15,16)/t8-/m1/s1. The summed E-state index contributed by atoms with van der Waals surface area (Å²) in [5.41, 5.74) is 0.985. The molecule has 1 aliphatic heterocycles. The Bertz CT molecular complexity index is 481. The van der Waals surface area contributed by atoms with E-state index in [4.69, 9.17) is 9.47 Å². The number of nitrogens with one attached hydrogen (secondary N) is 1. The molecule has 1 amide bonds. The van der Waals surface area contributed by atoms with Gasteiger partial charge in [0.05, 0.1) is 11.8 Å². The lowest BCUT2D eigenvalue weighted by molar-refractivity contribution is -0.119. The summed E-state index contributed by atoms with van der Waals surface area (Å²) >= 11 is 5.02. The van der Waals surface area contributed by atoms with E-state index in [9.17, 15) is 4.79 Å². The van der Waals surface area contributed by atoms with E-state index in [1.807, 2.05) is 25.3 Å². The summed E-state index contributed by atoms with van der Waals surface area (Å²) in [4.78, 5) is 11.6. The van der Waals surface area contributed by atoms with E-state index in [0.717, 1.165) is 21.5 Å². The molecule has 0 bridgehead atoms. The van der Waals surface area contributed by atoms with Crippen molar-refractivity contribution < 1.29 is 14.3 Å². The van der Waals surface area contributed by atoms with E-state index in [2.05, 4.69) is 21.2 Å². The zero-order valence-corrected chi connectivity index (χ0v) is 13.3. The van der Waals surface area contributed by atoms with E-state index in [1.54, 1.807) is 0 Å². The molecule has 0 radical (unpaired) electrons. The van der Waals surface area contributed by atoms with Crippen LogP contribution in [0.15, 0.2) is 16.6 Å². The van der Waals surface area contributed by atoms with Gasteiger partial charge in [-0.2, -0.15) is 11.8 Å². The van der Waals surface area contributed by atoms with Crippen molar-refractivity contribution in [2.75, 3.05) is 25.2 Å². The smallest absolute Gasteiger partial charge is 0.230 e. The van der Waals surface area contributed by atoms with Crippen molar-refractivity contribution in [1.29, 1.82) is 0 Å². The number of rotatable bonds is 4. The van der Waals surface area contributed by atoms with Crippen molar-refractivity contribution in [3.8, 4) is 11.5 Å². The molecule has 1 aromatic carbocycles. The van der Waals surface area contributed by atoms with Gasteiger partial charge in [-0.25, -0.2) is 0 Å². The Morgan fingerprint density at radius 2 is 2.05 bits per heavy atom. The minimum atomic E-state index is -0.0788. The van der Waals surface area contributed by atoms with Gasteiger partial charge in [-0.15, -0.1) is 0 Å². The number of fused-ring (bicyclic) bond motifs is 1. The van der Waals surface area contributed by atoms with Crippen LogP contribution in [0.5, 0.6) is 11.5 Å². The molecule has 0 unspecified atom stereocenters. The lowest BCUT2D eigenvalue weighted by atomic mass is 10.1. The number of ether oxygens (including phenoxy) is 2. The minimum absolute atomic E-state index is 0.0294. The molecule has 0 aromatic heterocycles. The summed E-state index contributed by atoms with van der Waals surface area (Å²) in [6, 6.07) is 3.73. The molecule has 0 spiro atoms. The number of hydrogen-bond donors (Lipinski definition) is 1. The van der Waals surface area contributed by atoms with Crippen LogP contribution < -0.4 is 14.8 Å². The van der Waals surface area contributed by atoms with Gasteiger partial charge in [0.15, 0.2) is 11.5 Å². The molecule has 1 N–H and O–H groups in total. The van der Waals surface area contributed by atoms with Crippen LogP contribution in [0.2, 0.25) is 0 Å². The van der Waals surface area contributed by atoms with Crippen LogP contribution in [0.4, 0.5) is 0 Å². The molecule has 1 aliphatic rings. The maximum atomic E-state index is 11.6. The van der Waals surface area contributed by atoms with Crippen molar-refractivity contribution in [3.05, 3.63) is 22.2 Å². The van der Waals surface area contributed by atoms with Crippen molar-refractivity contribution in [2.24, 2.45) is 0 Å². The lowest BCUT2D eigenvalue weighted by Crippen LogP contribution is -2.28. The summed E-state index contributed by atoms with van der Waals surface area (Å²) in [6.07, 6.45) is 1.91. The molecular weight excluding hydrogens is 330 g/mol. The third-order valence-electron chi connectivity index (χ3n) is 2.78. The van der Waals surface area contributed by atoms with Gasteiger partial charge in [0.25, 0.3) is 0 Å². The molecule has 1 aromatic rings. The molecule has 0 aliphatic carbocycles. The Kier molecular flexibility index (Phi) is 4.99. The largest absolute Gasteiger partial charge is 0.486 e. The first-order chi connectivity index (χ1) is 9.11. The zero-order chi connectivity index (χ0) is 13.8. The van der Waals surface area contributed by atoms with Gasteiger partial charge >= 0.3 is 0 Å². The minimum Gasteiger partial charge on any atom is -0.486 e. The number of thioether (sulfide) groups is 1. The predicted molar refractivity (Wildman–Crippen MR) is 80.1 cm³/mol. The average Bonchev–Trinajstić information content (AvgIpc) is 2.38. The molecule has 0 fully saturated rings. The Balaban J connectivity index is 2.17. The summed E-state index contributed by atoms with van der Waals surface area (Å²) in [7, 11) is 0. The van der Waals surface area contributed by atoms with E-state index < -0.39 is 0 Å². The maximum absolute atomic E-state index is 11.6. The molecule has 2 rings (SSSR count). The summed E-state index contributed by atoms with van der Waals surface area (Å²) < 4.78 is 12.0. The molecule has 4 nitrogen and oxygen atoms in total. The number of hydrogen-bond acceptors (Lipinski definition) is 4. The number of carbonyl (C=O) groups excluding carboxylic acids is 1.